The highest BCUT2D eigenvalue weighted by Crippen LogP contribution is 2.33. The van der Waals surface area contributed by atoms with Gasteiger partial charge in [-0.3, -0.25) is 4.79 Å². The zero-order valence-electron chi connectivity index (χ0n) is 7.39. The lowest BCUT2D eigenvalue weighted by Crippen LogP contribution is -1.99. The number of rotatable bonds is 1. The second kappa shape index (κ2) is 3.26. The van der Waals surface area contributed by atoms with Crippen LogP contribution < -0.4 is 5.73 Å². The maximum atomic E-state index is 11.0. The van der Waals surface area contributed by atoms with Gasteiger partial charge in [-0.05, 0) is 25.5 Å². The molecule has 0 aliphatic rings. The Bertz CT molecular complexity index is 374. The molecule has 3 N–H and O–H groups in total. The van der Waals surface area contributed by atoms with Crippen LogP contribution in [0, 0.1) is 6.92 Å². The average Bonchev–Trinajstić information content (AvgIpc) is 2.07. The Labute approximate surface area is 81.1 Å². The van der Waals surface area contributed by atoms with Crippen molar-refractivity contribution in [3.05, 3.63) is 22.2 Å². The van der Waals surface area contributed by atoms with Crippen molar-refractivity contribution in [1.82, 2.24) is 0 Å². The number of anilines is 1. The first-order valence-corrected chi connectivity index (χ1v) is 4.11. The van der Waals surface area contributed by atoms with Gasteiger partial charge >= 0.3 is 0 Å². The number of hydrogen-bond donors (Lipinski definition) is 2. The molecule has 0 aliphatic heterocycles. The maximum Gasteiger partial charge on any atom is 0.163 e. The molecule has 0 spiro atoms. The summed E-state index contributed by atoms with van der Waals surface area (Å²) in [4.78, 5) is 11.0. The molecule has 1 rings (SSSR count). The Kier molecular flexibility index (Phi) is 2.48. The molecule has 0 heterocycles. The van der Waals surface area contributed by atoms with Gasteiger partial charge in [0.25, 0.3) is 0 Å². The van der Waals surface area contributed by atoms with E-state index in [9.17, 15) is 9.90 Å². The molecule has 4 heteroatoms. The molecule has 0 fully saturated rings. The molecular formula is C9H10ClNO2. The summed E-state index contributed by atoms with van der Waals surface area (Å²) >= 11 is 5.79. The van der Waals surface area contributed by atoms with Crippen molar-refractivity contribution in [2.24, 2.45) is 0 Å². The topological polar surface area (TPSA) is 63.3 Å². The molecule has 0 amide bonds. The van der Waals surface area contributed by atoms with Crippen LogP contribution >= 0.6 is 11.6 Å². The van der Waals surface area contributed by atoms with E-state index in [2.05, 4.69) is 0 Å². The van der Waals surface area contributed by atoms with E-state index in [0.717, 1.165) is 0 Å². The van der Waals surface area contributed by atoms with Crippen molar-refractivity contribution < 1.29 is 9.90 Å². The monoisotopic (exact) mass is 199 g/mol. The Morgan fingerprint density at radius 3 is 2.62 bits per heavy atom. The molecular weight excluding hydrogens is 190 g/mol. The third-order valence-electron chi connectivity index (χ3n) is 1.92. The maximum absolute atomic E-state index is 11.0. The van der Waals surface area contributed by atoms with E-state index in [0.29, 0.717) is 10.6 Å². The molecule has 0 unspecified atom stereocenters. The lowest BCUT2D eigenvalue weighted by atomic mass is 10.1. The molecule has 1 aromatic rings. The van der Waals surface area contributed by atoms with E-state index in [-0.39, 0.29) is 22.8 Å². The largest absolute Gasteiger partial charge is 0.505 e. The first kappa shape index (κ1) is 9.86. The fourth-order valence-corrected chi connectivity index (χ4v) is 1.23. The zero-order chi connectivity index (χ0) is 10.2. The van der Waals surface area contributed by atoms with Crippen LogP contribution in [-0.2, 0) is 0 Å². The van der Waals surface area contributed by atoms with Gasteiger partial charge in [0, 0.05) is 5.02 Å². The van der Waals surface area contributed by atoms with E-state index in [1.807, 2.05) is 0 Å². The number of nitrogens with two attached hydrogens (primary N) is 1. The molecule has 0 aromatic heterocycles. The molecule has 0 saturated carbocycles. The molecule has 0 atom stereocenters. The minimum atomic E-state index is -0.258. The number of carbonyl (C=O) groups is 1. The van der Waals surface area contributed by atoms with Gasteiger partial charge in [0.15, 0.2) is 5.78 Å². The van der Waals surface area contributed by atoms with Crippen LogP contribution in [0.15, 0.2) is 6.07 Å². The van der Waals surface area contributed by atoms with E-state index in [1.54, 1.807) is 6.92 Å². The molecule has 0 bridgehead atoms. The van der Waals surface area contributed by atoms with Crippen molar-refractivity contribution in [3.8, 4) is 5.75 Å². The summed E-state index contributed by atoms with van der Waals surface area (Å²) < 4.78 is 0. The van der Waals surface area contributed by atoms with Crippen LogP contribution in [0.4, 0.5) is 5.69 Å². The number of hydrogen-bond acceptors (Lipinski definition) is 3. The molecule has 0 aliphatic carbocycles. The first-order chi connectivity index (χ1) is 5.95. The number of Topliss-reactive ketones (excluding diaryl/α,β-unsaturated/α-hetero) is 1. The lowest BCUT2D eigenvalue weighted by molar-refractivity contribution is 0.101. The van der Waals surface area contributed by atoms with E-state index in [4.69, 9.17) is 17.3 Å². The fourth-order valence-electron chi connectivity index (χ4n) is 1.02. The summed E-state index contributed by atoms with van der Waals surface area (Å²) in [6.45, 7) is 3.03. The number of carbonyl (C=O) groups excluding carboxylic acids is 1. The minimum absolute atomic E-state index is 0.160. The highest BCUT2D eigenvalue weighted by atomic mass is 35.5. The Balaban J connectivity index is 3.50. The van der Waals surface area contributed by atoms with Crippen LogP contribution in [0.1, 0.15) is 22.8 Å². The summed E-state index contributed by atoms with van der Waals surface area (Å²) in [6.07, 6.45) is 0. The van der Waals surface area contributed by atoms with Gasteiger partial charge in [-0.25, -0.2) is 0 Å². The Morgan fingerprint density at radius 1 is 1.62 bits per heavy atom. The molecule has 3 nitrogen and oxygen atoms in total. The Hall–Kier alpha value is -1.22. The summed E-state index contributed by atoms with van der Waals surface area (Å²) in [6, 6.07) is 1.42. The highest BCUT2D eigenvalue weighted by molar-refractivity contribution is 6.32. The summed E-state index contributed by atoms with van der Waals surface area (Å²) in [5.74, 6) is -0.444. The SMILES string of the molecule is CC(=O)c1cc(Cl)c(C)c(N)c1O. The number of halogens is 1. The van der Waals surface area contributed by atoms with Gasteiger partial charge in [-0.15, -0.1) is 0 Å². The van der Waals surface area contributed by atoms with Crippen molar-refractivity contribution in [1.29, 1.82) is 0 Å². The molecule has 1 aromatic carbocycles. The normalized spacial score (nSPS) is 10.1. The van der Waals surface area contributed by atoms with Crippen LogP contribution in [0.5, 0.6) is 5.75 Å². The predicted molar refractivity (Wildman–Crippen MR) is 52.3 cm³/mol. The summed E-state index contributed by atoms with van der Waals surface area (Å²) in [5.41, 5.74) is 6.45. The average molecular weight is 200 g/mol. The quantitative estimate of drug-likeness (QED) is 0.414. The number of nitrogen functional groups attached to an aromatic ring is 1. The minimum Gasteiger partial charge on any atom is -0.505 e. The van der Waals surface area contributed by atoms with Crippen LogP contribution in [-0.4, -0.2) is 10.9 Å². The molecule has 0 radical (unpaired) electrons. The number of benzene rings is 1. The van der Waals surface area contributed by atoms with Crippen LogP contribution in [0.25, 0.3) is 0 Å². The van der Waals surface area contributed by atoms with Gasteiger partial charge in [0.1, 0.15) is 5.75 Å². The zero-order valence-corrected chi connectivity index (χ0v) is 8.14. The smallest absolute Gasteiger partial charge is 0.163 e. The predicted octanol–water partition coefficient (Wildman–Crippen LogP) is 2.14. The van der Waals surface area contributed by atoms with Crippen molar-refractivity contribution in [2.45, 2.75) is 13.8 Å². The van der Waals surface area contributed by atoms with Gasteiger partial charge in [0.2, 0.25) is 0 Å². The second-order valence-electron chi connectivity index (χ2n) is 2.85. The van der Waals surface area contributed by atoms with E-state index < -0.39 is 0 Å². The second-order valence-corrected chi connectivity index (χ2v) is 3.26. The first-order valence-electron chi connectivity index (χ1n) is 3.73. The van der Waals surface area contributed by atoms with E-state index in [1.165, 1.54) is 13.0 Å². The highest BCUT2D eigenvalue weighted by Gasteiger charge is 2.13. The van der Waals surface area contributed by atoms with Crippen LogP contribution in [0.3, 0.4) is 0 Å². The molecule has 13 heavy (non-hydrogen) atoms. The fraction of sp³-hybridized carbons (Fsp3) is 0.222. The van der Waals surface area contributed by atoms with E-state index >= 15 is 0 Å². The van der Waals surface area contributed by atoms with Gasteiger partial charge < -0.3 is 10.8 Å². The van der Waals surface area contributed by atoms with Gasteiger partial charge in [-0.1, -0.05) is 11.6 Å². The van der Waals surface area contributed by atoms with Crippen molar-refractivity contribution >= 4 is 23.1 Å². The summed E-state index contributed by atoms with van der Waals surface area (Å²) in [7, 11) is 0. The summed E-state index contributed by atoms with van der Waals surface area (Å²) in [5, 5.41) is 9.86. The van der Waals surface area contributed by atoms with Gasteiger partial charge in [0.05, 0.1) is 11.3 Å². The lowest BCUT2D eigenvalue weighted by Gasteiger charge is -2.08. The van der Waals surface area contributed by atoms with Crippen molar-refractivity contribution in [2.75, 3.05) is 5.73 Å². The molecule has 70 valence electrons. The van der Waals surface area contributed by atoms with Crippen LogP contribution in [0.2, 0.25) is 5.02 Å². The third-order valence-corrected chi connectivity index (χ3v) is 2.32. The number of ketones is 1. The third kappa shape index (κ3) is 1.60. The number of aromatic hydroxyl groups is 1. The van der Waals surface area contributed by atoms with Crippen molar-refractivity contribution in [3.63, 3.8) is 0 Å². The standard InChI is InChI=1S/C9H10ClNO2/c1-4-7(10)3-6(5(2)12)9(13)8(4)11/h3,13H,11H2,1-2H3. The number of phenols is 1. The van der Waals surface area contributed by atoms with Gasteiger partial charge in [-0.2, -0.15) is 0 Å². The Morgan fingerprint density at radius 2 is 2.15 bits per heavy atom. The molecule has 0 saturated heterocycles. The number of phenolic OH excluding ortho intramolecular Hbond substituents is 1.